The standard InChI is InChI=1S/C15H18O/c1-4-11-7-13-9-12(10(2)3)5-6-14(13)15(16)8-11/h4-6,9-11H,1,7-8H2,2-3H3. The van der Waals surface area contributed by atoms with Crippen LogP contribution in [0.4, 0.5) is 0 Å². The van der Waals surface area contributed by atoms with Crippen molar-refractivity contribution in [3.05, 3.63) is 47.5 Å². The van der Waals surface area contributed by atoms with E-state index in [1.165, 1.54) is 11.1 Å². The first kappa shape index (κ1) is 11.1. The largest absolute Gasteiger partial charge is 0.294 e. The second-order valence-corrected chi connectivity index (χ2v) is 4.90. The maximum absolute atomic E-state index is 11.9. The van der Waals surface area contributed by atoms with Crippen molar-refractivity contribution in [2.45, 2.75) is 32.6 Å². The summed E-state index contributed by atoms with van der Waals surface area (Å²) < 4.78 is 0. The van der Waals surface area contributed by atoms with Gasteiger partial charge in [-0.3, -0.25) is 4.79 Å². The normalized spacial score (nSPS) is 19.7. The summed E-state index contributed by atoms with van der Waals surface area (Å²) in [6.45, 7) is 8.15. The van der Waals surface area contributed by atoms with Gasteiger partial charge in [0, 0.05) is 12.0 Å². The molecule has 1 atom stereocenters. The number of benzene rings is 1. The molecule has 1 unspecified atom stereocenters. The maximum atomic E-state index is 11.9. The van der Waals surface area contributed by atoms with Crippen LogP contribution in [-0.2, 0) is 6.42 Å². The molecular formula is C15H18O. The van der Waals surface area contributed by atoms with Crippen LogP contribution in [0.3, 0.4) is 0 Å². The van der Waals surface area contributed by atoms with Gasteiger partial charge in [-0.2, -0.15) is 0 Å². The summed E-state index contributed by atoms with van der Waals surface area (Å²) in [5, 5.41) is 0. The number of carbonyl (C=O) groups is 1. The summed E-state index contributed by atoms with van der Waals surface area (Å²) in [5.41, 5.74) is 3.44. The highest BCUT2D eigenvalue weighted by Crippen LogP contribution is 2.28. The van der Waals surface area contributed by atoms with E-state index in [0.717, 1.165) is 12.0 Å². The van der Waals surface area contributed by atoms with Crippen molar-refractivity contribution in [2.75, 3.05) is 0 Å². The summed E-state index contributed by atoms with van der Waals surface area (Å²) in [6.07, 6.45) is 3.49. The summed E-state index contributed by atoms with van der Waals surface area (Å²) in [7, 11) is 0. The second kappa shape index (κ2) is 4.25. The lowest BCUT2D eigenvalue weighted by atomic mass is 9.81. The van der Waals surface area contributed by atoms with Crippen LogP contribution in [0, 0.1) is 5.92 Å². The molecule has 1 aromatic carbocycles. The predicted molar refractivity (Wildman–Crippen MR) is 66.9 cm³/mol. The Bertz CT molecular complexity index is 429. The van der Waals surface area contributed by atoms with Crippen LogP contribution in [0.1, 0.15) is 47.7 Å². The molecule has 0 saturated carbocycles. The molecule has 0 aromatic heterocycles. The lowest BCUT2D eigenvalue weighted by molar-refractivity contribution is 0.0959. The number of fused-ring (bicyclic) bond motifs is 1. The van der Waals surface area contributed by atoms with E-state index < -0.39 is 0 Å². The highest BCUT2D eigenvalue weighted by molar-refractivity contribution is 5.98. The van der Waals surface area contributed by atoms with E-state index in [1.807, 2.05) is 12.1 Å². The maximum Gasteiger partial charge on any atom is 0.163 e. The van der Waals surface area contributed by atoms with E-state index in [9.17, 15) is 4.79 Å². The Morgan fingerprint density at radius 2 is 2.12 bits per heavy atom. The molecule has 0 spiro atoms. The third-order valence-corrected chi connectivity index (χ3v) is 3.36. The molecule has 1 nitrogen and oxygen atoms in total. The van der Waals surface area contributed by atoms with E-state index in [-0.39, 0.29) is 5.78 Å². The first-order valence-electron chi connectivity index (χ1n) is 5.90. The third kappa shape index (κ3) is 1.95. The van der Waals surface area contributed by atoms with Crippen LogP contribution in [0.2, 0.25) is 0 Å². The molecule has 0 saturated heterocycles. The zero-order valence-corrected chi connectivity index (χ0v) is 9.99. The van der Waals surface area contributed by atoms with Crippen molar-refractivity contribution in [3.63, 3.8) is 0 Å². The number of ketones is 1. The van der Waals surface area contributed by atoms with Gasteiger partial charge in [0.1, 0.15) is 0 Å². The van der Waals surface area contributed by atoms with E-state index in [0.29, 0.717) is 18.3 Å². The van der Waals surface area contributed by atoms with Crippen molar-refractivity contribution in [1.82, 2.24) is 0 Å². The highest BCUT2D eigenvalue weighted by atomic mass is 16.1. The Hall–Kier alpha value is -1.37. The minimum Gasteiger partial charge on any atom is -0.294 e. The van der Waals surface area contributed by atoms with Crippen molar-refractivity contribution in [2.24, 2.45) is 5.92 Å². The molecule has 1 aliphatic carbocycles. The van der Waals surface area contributed by atoms with Crippen LogP contribution in [-0.4, -0.2) is 5.78 Å². The van der Waals surface area contributed by atoms with E-state index in [1.54, 1.807) is 0 Å². The van der Waals surface area contributed by atoms with Gasteiger partial charge in [-0.25, -0.2) is 0 Å². The zero-order valence-electron chi connectivity index (χ0n) is 9.99. The average Bonchev–Trinajstić information content (AvgIpc) is 2.28. The quantitative estimate of drug-likeness (QED) is 0.685. The number of rotatable bonds is 2. The zero-order chi connectivity index (χ0) is 11.7. The molecule has 1 heteroatoms. The summed E-state index contributed by atoms with van der Waals surface area (Å²) in [6, 6.07) is 6.26. The molecule has 0 aliphatic heterocycles. The number of hydrogen-bond acceptors (Lipinski definition) is 1. The van der Waals surface area contributed by atoms with Gasteiger partial charge in [0.2, 0.25) is 0 Å². The topological polar surface area (TPSA) is 17.1 Å². The van der Waals surface area contributed by atoms with Crippen molar-refractivity contribution in [1.29, 1.82) is 0 Å². The van der Waals surface area contributed by atoms with E-state index >= 15 is 0 Å². The molecule has 0 heterocycles. The molecule has 84 valence electrons. The predicted octanol–water partition coefficient (Wildman–Crippen LogP) is 3.74. The fourth-order valence-electron chi connectivity index (χ4n) is 2.28. The van der Waals surface area contributed by atoms with Gasteiger partial charge in [-0.05, 0) is 29.4 Å². The van der Waals surface area contributed by atoms with Gasteiger partial charge in [-0.15, -0.1) is 6.58 Å². The Labute approximate surface area is 97.2 Å². The smallest absolute Gasteiger partial charge is 0.163 e. The van der Waals surface area contributed by atoms with Gasteiger partial charge >= 0.3 is 0 Å². The molecule has 0 fully saturated rings. The van der Waals surface area contributed by atoms with Gasteiger partial charge in [0.05, 0.1) is 0 Å². The fourth-order valence-corrected chi connectivity index (χ4v) is 2.28. The summed E-state index contributed by atoms with van der Waals surface area (Å²) in [4.78, 5) is 11.9. The van der Waals surface area contributed by atoms with Crippen LogP contribution in [0.25, 0.3) is 0 Å². The number of allylic oxidation sites excluding steroid dienone is 1. The summed E-state index contributed by atoms with van der Waals surface area (Å²) >= 11 is 0. The van der Waals surface area contributed by atoms with Crippen molar-refractivity contribution < 1.29 is 4.79 Å². The number of hydrogen-bond donors (Lipinski definition) is 0. The first-order valence-corrected chi connectivity index (χ1v) is 5.90. The lowest BCUT2D eigenvalue weighted by Gasteiger charge is -2.22. The summed E-state index contributed by atoms with van der Waals surface area (Å²) in [5.74, 6) is 1.10. The number of Topliss-reactive ketones (excluding diaryl/α,β-unsaturated/α-hetero) is 1. The van der Waals surface area contributed by atoms with Crippen LogP contribution >= 0.6 is 0 Å². The Morgan fingerprint density at radius 3 is 2.75 bits per heavy atom. The fraction of sp³-hybridized carbons (Fsp3) is 0.400. The first-order chi connectivity index (χ1) is 7.61. The van der Waals surface area contributed by atoms with Gasteiger partial charge in [0.25, 0.3) is 0 Å². The average molecular weight is 214 g/mol. The van der Waals surface area contributed by atoms with E-state index in [4.69, 9.17) is 0 Å². The molecule has 0 N–H and O–H groups in total. The molecule has 1 aliphatic rings. The Morgan fingerprint density at radius 1 is 1.38 bits per heavy atom. The van der Waals surface area contributed by atoms with Crippen LogP contribution < -0.4 is 0 Å². The molecule has 2 rings (SSSR count). The van der Waals surface area contributed by atoms with Crippen LogP contribution in [0.15, 0.2) is 30.9 Å². The molecule has 0 bridgehead atoms. The monoisotopic (exact) mass is 214 g/mol. The Kier molecular flexibility index (Phi) is 2.95. The highest BCUT2D eigenvalue weighted by Gasteiger charge is 2.23. The molecular weight excluding hydrogens is 196 g/mol. The van der Waals surface area contributed by atoms with Crippen LogP contribution in [0.5, 0.6) is 0 Å². The Balaban J connectivity index is 2.41. The molecule has 0 radical (unpaired) electrons. The number of carbonyl (C=O) groups excluding carboxylic acids is 1. The van der Waals surface area contributed by atoms with Gasteiger partial charge < -0.3 is 0 Å². The third-order valence-electron chi connectivity index (χ3n) is 3.36. The van der Waals surface area contributed by atoms with Crippen molar-refractivity contribution >= 4 is 5.78 Å². The molecule has 16 heavy (non-hydrogen) atoms. The minimum atomic E-state index is 0.265. The van der Waals surface area contributed by atoms with Crippen molar-refractivity contribution in [3.8, 4) is 0 Å². The minimum absolute atomic E-state index is 0.265. The van der Waals surface area contributed by atoms with Gasteiger partial charge in [-0.1, -0.05) is 38.1 Å². The molecule has 0 amide bonds. The molecule has 1 aromatic rings. The van der Waals surface area contributed by atoms with Gasteiger partial charge in [0.15, 0.2) is 5.78 Å². The lowest BCUT2D eigenvalue weighted by Crippen LogP contribution is -2.18. The second-order valence-electron chi connectivity index (χ2n) is 4.90. The SMILES string of the molecule is C=CC1CC(=O)c2ccc(C(C)C)cc2C1. The van der Waals surface area contributed by atoms with E-state index in [2.05, 4.69) is 32.6 Å².